The summed E-state index contributed by atoms with van der Waals surface area (Å²) in [7, 11) is 1.59. The van der Waals surface area contributed by atoms with Crippen molar-refractivity contribution in [3.63, 3.8) is 0 Å². The Morgan fingerprint density at radius 3 is 2.51 bits per heavy atom. The highest BCUT2D eigenvalue weighted by molar-refractivity contribution is 6.21. The molecule has 1 aliphatic rings. The first-order valence-corrected chi connectivity index (χ1v) is 11.8. The van der Waals surface area contributed by atoms with E-state index in [1.807, 2.05) is 13.8 Å². The molecule has 5 rings (SSSR count). The number of imide groups is 1. The number of aromatic amines is 1. The fraction of sp³-hybridized carbons (Fsp3) is 0.222. The second-order valence-corrected chi connectivity index (χ2v) is 9.07. The van der Waals surface area contributed by atoms with Gasteiger partial charge in [-0.1, -0.05) is 20.3 Å². The topological polar surface area (TPSA) is 96.4 Å². The van der Waals surface area contributed by atoms with Gasteiger partial charge in [0.25, 0.3) is 11.5 Å². The molecule has 0 radical (unpaired) electrons. The number of halogens is 2. The summed E-state index contributed by atoms with van der Waals surface area (Å²) in [6, 6.07) is 8.08. The molecular weight excluding hydrogens is 482 g/mol. The van der Waals surface area contributed by atoms with Crippen molar-refractivity contribution in [1.82, 2.24) is 14.9 Å². The average Bonchev–Trinajstić information content (AvgIpc) is 3.48. The molecule has 0 unspecified atom stereocenters. The summed E-state index contributed by atoms with van der Waals surface area (Å²) >= 11 is 0. The van der Waals surface area contributed by atoms with Crippen molar-refractivity contribution in [1.29, 1.82) is 0 Å². The van der Waals surface area contributed by atoms with Gasteiger partial charge in [0.15, 0.2) is 11.6 Å². The number of H-pyrrole nitrogens is 1. The maximum absolute atomic E-state index is 14.4. The van der Waals surface area contributed by atoms with E-state index in [9.17, 15) is 23.2 Å². The zero-order valence-electron chi connectivity index (χ0n) is 20.3. The number of fused-ring (bicyclic) bond motifs is 1. The average molecular weight is 507 g/mol. The van der Waals surface area contributed by atoms with Crippen LogP contribution in [0.4, 0.5) is 19.3 Å². The molecule has 4 aromatic rings. The number of ether oxygens (including phenoxy) is 1. The van der Waals surface area contributed by atoms with Crippen LogP contribution in [0.3, 0.4) is 0 Å². The van der Waals surface area contributed by atoms with Crippen LogP contribution in [0.2, 0.25) is 0 Å². The number of rotatable bonds is 6. The zero-order chi connectivity index (χ0) is 26.4. The second kappa shape index (κ2) is 9.20. The number of benzene rings is 2. The monoisotopic (exact) mass is 506 g/mol. The van der Waals surface area contributed by atoms with Crippen LogP contribution in [0, 0.1) is 17.6 Å². The molecule has 3 heterocycles. The first kappa shape index (κ1) is 24.2. The predicted octanol–water partition coefficient (Wildman–Crippen LogP) is 5.08. The first-order valence-electron chi connectivity index (χ1n) is 11.8. The molecular formula is C27H24F2N4O4. The Morgan fingerprint density at radius 1 is 1.03 bits per heavy atom. The molecule has 1 saturated heterocycles. The Bertz CT molecular complexity index is 1610. The standard InChI is InChI=1S/C27H24F2N4O4/c1-4-14(2)23-26(35)33(27(36)31-23)16-6-8-21(37-22-7-5-15(28)11-20(22)29)18(12-16)19-13-32(3)25(34)24-17(19)9-10-30-24/h5-14,23,30H,4H2,1-3H3,(H,31,36)/t14-,23-/m0/s1. The third-order valence-corrected chi connectivity index (χ3v) is 6.70. The third-order valence-electron chi connectivity index (χ3n) is 6.70. The van der Waals surface area contributed by atoms with Crippen LogP contribution in [-0.4, -0.2) is 27.5 Å². The lowest BCUT2D eigenvalue weighted by molar-refractivity contribution is -0.119. The number of hydrogen-bond donors (Lipinski definition) is 2. The number of anilines is 1. The number of nitrogens with zero attached hydrogens (tertiary/aromatic N) is 2. The predicted molar refractivity (Wildman–Crippen MR) is 135 cm³/mol. The fourth-order valence-corrected chi connectivity index (χ4v) is 4.48. The Morgan fingerprint density at radius 2 is 1.78 bits per heavy atom. The number of nitrogens with one attached hydrogen (secondary N) is 2. The number of urea groups is 1. The van der Waals surface area contributed by atoms with Gasteiger partial charge in [-0.3, -0.25) is 9.59 Å². The van der Waals surface area contributed by atoms with Crippen LogP contribution in [-0.2, 0) is 11.8 Å². The van der Waals surface area contributed by atoms with E-state index in [1.165, 1.54) is 22.8 Å². The molecule has 2 aromatic carbocycles. The third kappa shape index (κ3) is 4.14. The van der Waals surface area contributed by atoms with E-state index in [4.69, 9.17) is 4.74 Å². The number of carbonyl (C=O) groups excluding carboxylic acids is 2. The molecule has 10 heteroatoms. The van der Waals surface area contributed by atoms with Gasteiger partial charge in [-0.05, 0) is 42.3 Å². The number of amides is 3. The van der Waals surface area contributed by atoms with Gasteiger partial charge in [0, 0.05) is 42.0 Å². The highest BCUT2D eigenvalue weighted by Gasteiger charge is 2.41. The van der Waals surface area contributed by atoms with Gasteiger partial charge >= 0.3 is 6.03 Å². The van der Waals surface area contributed by atoms with Crippen LogP contribution in [0.25, 0.3) is 22.0 Å². The summed E-state index contributed by atoms with van der Waals surface area (Å²) in [4.78, 5) is 42.6. The van der Waals surface area contributed by atoms with Gasteiger partial charge in [-0.15, -0.1) is 0 Å². The van der Waals surface area contributed by atoms with E-state index < -0.39 is 23.7 Å². The molecule has 2 N–H and O–H groups in total. The molecule has 0 bridgehead atoms. The van der Waals surface area contributed by atoms with E-state index in [2.05, 4.69) is 10.3 Å². The van der Waals surface area contributed by atoms with Gasteiger partial charge in [-0.2, -0.15) is 0 Å². The number of aromatic nitrogens is 2. The van der Waals surface area contributed by atoms with Gasteiger partial charge in [0.1, 0.15) is 23.1 Å². The molecule has 0 saturated carbocycles. The Balaban J connectivity index is 1.68. The van der Waals surface area contributed by atoms with Crippen LogP contribution in [0.15, 0.2) is 59.7 Å². The SMILES string of the molecule is CC[C@H](C)[C@@H]1NC(=O)N(c2ccc(Oc3ccc(F)cc3F)c(-c3cn(C)c(=O)c4[nH]ccc34)c2)C1=O. The van der Waals surface area contributed by atoms with Crippen LogP contribution >= 0.6 is 0 Å². The Labute approximate surface area is 210 Å². The summed E-state index contributed by atoms with van der Waals surface area (Å²) < 4.78 is 35.1. The summed E-state index contributed by atoms with van der Waals surface area (Å²) in [6.07, 6.45) is 3.92. The van der Waals surface area contributed by atoms with E-state index in [0.717, 1.165) is 11.0 Å². The number of aryl methyl sites for hydroxylation is 1. The van der Waals surface area contributed by atoms with E-state index in [1.54, 1.807) is 31.6 Å². The largest absolute Gasteiger partial charge is 0.454 e. The van der Waals surface area contributed by atoms with Crippen molar-refractivity contribution in [3.8, 4) is 22.6 Å². The minimum absolute atomic E-state index is 0.0619. The Hall–Kier alpha value is -4.47. The lowest BCUT2D eigenvalue weighted by atomic mass is 9.99. The van der Waals surface area contributed by atoms with E-state index >= 15 is 0 Å². The number of hydrogen-bond acceptors (Lipinski definition) is 4. The van der Waals surface area contributed by atoms with Gasteiger partial charge in [0.2, 0.25) is 0 Å². The Kier molecular flexibility index (Phi) is 6.02. The summed E-state index contributed by atoms with van der Waals surface area (Å²) in [6.45, 7) is 3.83. The van der Waals surface area contributed by atoms with Crippen LogP contribution in [0.5, 0.6) is 11.5 Å². The highest BCUT2D eigenvalue weighted by Crippen LogP contribution is 2.40. The second-order valence-electron chi connectivity index (χ2n) is 9.07. The lowest BCUT2D eigenvalue weighted by Gasteiger charge is -2.19. The van der Waals surface area contributed by atoms with Crippen molar-refractivity contribution >= 4 is 28.5 Å². The molecule has 1 fully saturated rings. The normalized spacial score (nSPS) is 16.4. The zero-order valence-corrected chi connectivity index (χ0v) is 20.3. The maximum atomic E-state index is 14.4. The van der Waals surface area contributed by atoms with Crippen LogP contribution < -0.4 is 20.5 Å². The molecule has 2 atom stereocenters. The summed E-state index contributed by atoms with van der Waals surface area (Å²) in [5.41, 5.74) is 1.32. The van der Waals surface area contributed by atoms with Gasteiger partial charge < -0.3 is 19.6 Å². The molecule has 0 spiro atoms. The number of carbonyl (C=O) groups is 2. The number of pyridine rings is 1. The summed E-state index contributed by atoms with van der Waals surface area (Å²) in [5, 5.41) is 3.31. The van der Waals surface area contributed by atoms with Gasteiger partial charge in [-0.25, -0.2) is 18.5 Å². The molecule has 8 nitrogen and oxygen atoms in total. The van der Waals surface area contributed by atoms with Crippen LogP contribution in [0.1, 0.15) is 20.3 Å². The lowest BCUT2D eigenvalue weighted by Crippen LogP contribution is -2.35. The highest BCUT2D eigenvalue weighted by atomic mass is 19.1. The van der Waals surface area contributed by atoms with Crippen molar-refractivity contribution < 1.29 is 23.1 Å². The fourth-order valence-electron chi connectivity index (χ4n) is 4.48. The molecule has 0 aliphatic carbocycles. The van der Waals surface area contributed by atoms with E-state index in [0.29, 0.717) is 34.5 Å². The van der Waals surface area contributed by atoms with Gasteiger partial charge in [0.05, 0.1) is 5.69 Å². The molecule has 37 heavy (non-hydrogen) atoms. The van der Waals surface area contributed by atoms with Crippen molar-refractivity contribution in [2.24, 2.45) is 13.0 Å². The minimum Gasteiger partial charge on any atom is -0.454 e. The van der Waals surface area contributed by atoms with Crippen molar-refractivity contribution in [2.75, 3.05) is 4.90 Å². The molecule has 3 amide bonds. The first-order chi connectivity index (χ1) is 17.7. The quantitative estimate of drug-likeness (QED) is 0.357. The van der Waals surface area contributed by atoms with Crippen molar-refractivity contribution in [3.05, 3.63) is 76.8 Å². The van der Waals surface area contributed by atoms with E-state index in [-0.39, 0.29) is 34.6 Å². The maximum Gasteiger partial charge on any atom is 0.329 e. The smallest absolute Gasteiger partial charge is 0.329 e. The molecule has 1 aliphatic heterocycles. The minimum atomic E-state index is -0.896. The summed E-state index contributed by atoms with van der Waals surface area (Å²) in [5.74, 6) is -2.11. The van der Waals surface area contributed by atoms with Crippen molar-refractivity contribution in [2.45, 2.75) is 26.3 Å². The molecule has 2 aromatic heterocycles. The molecule has 190 valence electrons.